The Morgan fingerprint density at radius 3 is 2.41 bits per heavy atom. The normalized spacial score (nSPS) is 12.5. The van der Waals surface area contributed by atoms with Crippen LogP contribution in [0.25, 0.3) is 0 Å². The van der Waals surface area contributed by atoms with Crippen LogP contribution >= 0.6 is 0 Å². The van der Waals surface area contributed by atoms with Gasteiger partial charge < -0.3 is 9.64 Å². The zero-order valence-corrected chi connectivity index (χ0v) is 17.6. The second-order valence-corrected chi connectivity index (χ2v) is 8.90. The zero-order valence-electron chi connectivity index (χ0n) is 16.8. The van der Waals surface area contributed by atoms with Crippen molar-refractivity contribution in [1.29, 1.82) is 0 Å². The van der Waals surface area contributed by atoms with E-state index in [1.807, 2.05) is 43.3 Å². The number of ether oxygens (including phenoxy) is 1. The summed E-state index contributed by atoms with van der Waals surface area (Å²) in [5.74, 6) is 0. The predicted octanol–water partition coefficient (Wildman–Crippen LogP) is 2.77. The van der Waals surface area contributed by atoms with Crippen molar-refractivity contribution < 1.29 is 17.9 Å². The smallest absolute Gasteiger partial charge is 0.410 e. The Kier molecular flexibility index (Phi) is 8.95. The molecule has 0 aliphatic rings. The van der Waals surface area contributed by atoms with E-state index < -0.39 is 21.9 Å². The number of likely N-dealkylation sites (N-methyl/N-ethyl adjacent to an activating group) is 1. The summed E-state index contributed by atoms with van der Waals surface area (Å²) in [5, 5.41) is 0. The molecule has 1 N–H and O–H groups in total. The summed E-state index contributed by atoms with van der Waals surface area (Å²) in [5.41, 5.74) is 0.308. The molecule has 7 nitrogen and oxygen atoms in total. The minimum atomic E-state index is -3.70. The van der Waals surface area contributed by atoms with Crippen LogP contribution in [0.5, 0.6) is 0 Å². The highest BCUT2D eigenvalue weighted by atomic mass is 32.2. The third-order valence-electron chi connectivity index (χ3n) is 3.52. The summed E-state index contributed by atoms with van der Waals surface area (Å²) < 4.78 is 34.5. The Bertz CT molecular complexity index is 712. The molecular formula is C19H31N3O4S. The van der Waals surface area contributed by atoms with Gasteiger partial charge in [0.15, 0.2) is 0 Å². The second kappa shape index (κ2) is 10.4. The van der Waals surface area contributed by atoms with E-state index >= 15 is 0 Å². The van der Waals surface area contributed by atoms with Crippen molar-refractivity contribution in [2.75, 3.05) is 26.7 Å². The monoisotopic (exact) mass is 397 g/mol. The van der Waals surface area contributed by atoms with E-state index in [4.69, 9.17) is 4.74 Å². The maximum atomic E-state index is 12.7. The molecule has 1 aromatic rings. The molecule has 0 saturated heterocycles. The number of hydrogen-bond donors (Lipinski definition) is 1. The van der Waals surface area contributed by atoms with Crippen molar-refractivity contribution in [3.63, 3.8) is 0 Å². The third-order valence-corrected chi connectivity index (χ3v) is 5.05. The van der Waals surface area contributed by atoms with Crippen LogP contribution < -0.4 is 4.72 Å². The molecule has 8 heteroatoms. The number of rotatable bonds is 9. The van der Waals surface area contributed by atoms with Gasteiger partial charge in [-0.25, -0.2) is 9.52 Å². The highest BCUT2D eigenvalue weighted by molar-refractivity contribution is 7.87. The van der Waals surface area contributed by atoms with E-state index in [2.05, 4.69) is 4.72 Å². The van der Waals surface area contributed by atoms with Gasteiger partial charge in [-0.3, -0.25) is 0 Å². The quantitative estimate of drug-likeness (QED) is 0.650. The summed E-state index contributed by atoms with van der Waals surface area (Å²) in [6.07, 6.45) is 3.11. The van der Waals surface area contributed by atoms with Gasteiger partial charge >= 0.3 is 6.09 Å². The van der Waals surface area contributed by atoms with Crippen molar-refractivity contribution >= 4 is 16.3 Å². The van der Waals surface area contributed by atoms with Gasteiger partial charge in [-0.1, -0.05) is 42.5 Å². The standard InChI is InChI=1S/C19H31N3O4S/c1-6-7-14-22(16-17-11-9-8-10-12-17)27(24,25)20-13-15-21(5)18(23)26-19(2,3)4/h6-12,20H,13-16H2,1-5H3/b7-6+. The van der Waals surface area contributed by atoms with E-state index in [1.54, 1.807) is 33.9 Å². The summed E-state index contributed by atoms with van der Waals surface area (Å²) in [6.45, 7) is 8.02. The number of nitrogens with zero attached hydrogens (tertiary/aromatic N) is 2. The Balaban J connectivity index is 2.67. The van der Waals surface area contributed by atoms with Crippen LogP contribution in [0.1, 0.15) is 33.3 Å². The molecule has 0 bridgehead atoms. The van der Waals surface area contributed by atoms with Crippen LogP contribution in [0.4, 0.5) is 4.79 Å². The molecule has 0 radical (unpaired) electrons. The fraction of sp³-hybridized carbons (Fsp3) is 0.526. The van der Waals surface area contributed by atoms with Crippen molar-refractivity contribution in [3.05, 3.63) is 48.0 Å². The van der Waals surface area contributed by atoms with Crippen LogP contribution in [-0.2, 0) is 21.5 Å². The molecular weight excluding hydrogens is 366 g/mol. The SMILES string of the molecule is C/C=C/CN(Cc1ccccc1)S(=O)(=O)NCCN(C)C(=O)OC(C)(C)C. The van der Waals surface area contributed by atoms with Crippen LogP contribution in [0.2, 0.25) is 0 Å². The second-order valence-electron chi connectivity index (χ2n) is 7.15. The van der Waals surface area contributed by atoms with Crippen molar-refractivity contribution in [2.45, 2.75) is 39.8 Å². The minimum Gasteiger partial charge on any atom is -0.444 e. The van der Waals surface area contributed by atoms with Crippen molar-refractivity contribution in [2.24, 2.45) is 0 Å². The Morgan fingerprint density at radius 1 is 1.22 bits per heavy atom. The van der Waals surface area contributed by atoms with E-state index in [-0.39, 0.29) is 26.2 Å². The number of nitrogens with one attached hydrogen (secondary N) is 1. The molecule has 0 aromatic heterocycles. The molecule has 1 amide bonds. The lowest BCUT2D eigenvalue weighted by atomic mass is 10.2. The Hall–Kier alpha value is -1.90. The molecule has 0 saturated carbocycles. The van der Waals surface area contributed by atoms with Gasteiger partial charge in [-0.2, -0.15) is 12.7 Å². The number of benzene rings is 1. The molecule has 1 aromatic carbocycles. The van der Waals surface area contributed by atoms with E-state index in [9.17, 15) is 13.2 Å². The largest absolute Gasteiger partial charge is 0.444 e. The number of hydrogen-bond acceptors (Lipinski definition) is 4. The molecule has 0 atom stereocenters. The summed E-state index contributed by atoms with van der Waals surface area (Å²) >= 11 is 0. The molecule has 152 valence electrons. The first-order valence-electron chi connectivity index (χ1n) is 8.89. The van der Waals surface area contributed by atoms with Gasteiger partial charge in [0.05, 0.1) is 0 Å². The average molecular weight is 398 g/mol. The van der Waals surface area contributed by atoms with Crippen LogP contribution in [0.3, 0.4) is 0 Å². The molecule has 0 heterocycles. The van der Waals surface area contributed by atoms with Gasteiger partial charge in [0.25, 0.3) is 10.2 Å². The average Bonchev–Trinajstić information content (AvgIpc) is 2.57. The van der Waals surface area contributed by atoms with Crippen LogP contribution in [0.15, 0.2) is 42.5 Å². The molecule has 0 spiro atoms. The first-order valence-corrected chi connectivity index (χ1v) is 10.3. The van der Waals surface area contributed by atoms with Gasteiger partial charge in [-0.05, 0) is 33.3 Å². The van der Waals surface area contributed by atoms with Crippen molar-refractivity contribution in [3.8, 4) is 0 Å². The number of carbonyl (C=O) groups excluding carboxylic acids is 1. The fourth-order valence-corrected chi connectivity index (χ4v) is 3.26. The van der Waals surface area contributed by atoms with E-state index in [0.717, 1.165) is 5.56 Å². The molecule has 0 aliphatic carbocycles. The molecule has 1 rings (SSSR count). The third kappa shape index (κ3) is 9.03. The maximum absolute atomic E-state index is 12.7. The van der Waals surface area contributed by atoms with E-state index in [1.165, 1.54) is 9.21 Å². The number of allylic oxidation sites excluding steroid dienone is 1. The first kappa shape index (κ1) is 23.1. The van der Waals surface area contributed by atoms with Crippen LogP contribution in [-0.4, -0.2) is 56.0 Å². The highest BCUT2D eigenvalue weighted by Crippen LogP contribution is 2.10. The lowest BCUT2D eigenvalue weighted by Crippen LogP contribution is -2.44. The summed E-state index contributed by atoms with van der Waals surface area (Å²) in [6, 6.07) is 9.40. The van der Waals surface area contributed by atoms with Gasteiger partial charge in [0.1, 0.15) is 5.60 Å². The first-order chi connectivity index (χ1) is 12.5. The van der Waals surface area contributed by atoms with Crippen LogP contribution in [0, 0.1) is 0 Å². The molecule has 27 heavy (non-hydrogen) atoms. The predicted molar refractivity (Wildman–Crippen MR) is 107 cm³/mol. The molecule has 0 aliphatic heterocycles. The summed E-state index contributed by atoms with van der Waals surface area (Å²) in [4.78, 5) is 13.3. The maximum Gasteiger partial charge on any atom is 0.410 e. The Morgan fingerprint density at radius 2 is 1.85 bits per heavy atom. The highest BCUT2D eigenvalue weighted by Gasteiger charge is 2.22. The topological polar surface area (TPSA) is 79.0 Å². The molecule has 0 fully saturated rings. The van der Waals surface area contributed by atoms with Gasteiger partial charge in [0.2, 0.25) is 0 Å². The number of amides is 1. The zero-order chi connectivity index (χ0) is 20.5. The lowest BCUT2D eigenvalue weighted by Gasteiger charge is -2.25. The Labute approximate surface area is 163 Å². The fourth-order valence-electron chi connectivity index (χ4n) is 2.12. The van der Waals surface area contributed by atoms with Gasteiger partial charge in [0, 0.05) is 33.2 Å². The summed E-state index contributed by atoms with van der Waals surface area (Å²) in [7, 11) is -2.12. The minimum absolute atomic E-state index is 0.0964. The van der Waals surface area contributed by atoms with Crippen molar-refractivity contribution in [1.82, 2.24) is 13.9 Å². The lowest BCUT2D eigenvalue weighted by molar-refractivity contribution is 0.0302. The molecule has 0 unspecified atom stereocenters. The van der Waals surface area contributed by atoms with Gasteiger partial charge in [-0.15, -0.1) is 0 Å². The van der Waals surface area contributed by atoms with E-state index in [0.29, 0.717) is 0 Å². The number of carbonyl (C=O) groups is 1.